The summed E-state index contributed by atoms with van der Waals surface area (Å²) in [7, 11) is 0. The van der Waals surface area contributed by atoms with Gasteiger partial charge in [0, 0.05) is 0 Å². The van der Waals surface area contributed by atoms with E-state index < -0.39 is 30.3 Å². The van der Waals surface area contributed by atoms with Gasteiger partial charge in [-0.1, -0.05) is 6.07 Å². The Balaban J connectivity index is 1.97. The molecule has 4 N–H and O–H groups in total. The van der Waals surface area contributed by atoms with Crippen LogP contribution < -0.4 is 10.8 Å². The number of amides is 1. The number of aliphatic hydroxyl groups excluding tert-OH is 2. The first-order valence-electron chi connectivity index (χ1n) is 8.29. The number of imidazole rings is 1. The van der Waals surface area contributed by atoms with Crippen molar-refractivity contribution in [3.8, 4) is 0 Å². The van der Waals surface area contributed by atoms with Gasteiger partial charge in [-0.25, -0.2) is 19.2 Å². The van der Waals surface area contributed by atoms with E-state index in [2.05, 4.69) is 15.8 Å². The molecule has 0 aliphatic rings. The second kappa shape index (κ2) is 8.30. The molecular formula is C18H18F2N4O4. The highest BCUT2D eigenvalue weighted by Crippen LogP contribution is 2.27. The number of benzene rings is 1. The number of rotatable bonds is 7. The number of carbonyl (C=O) groups is 1. The predicted molar refractivity (Wildman–Crippen MR) is 96.1 cm³/mol. The Bertz CT molecular complexity index is 1010. The van der Waals surface area contributed by atoms with Gasteiger partial charge in [0.05, 0.1) is 24.1 Å². The van der Waals surface area contributed by atoms with Gasteiger partial charge in [0.2, 0.25) is 0 Å². The molecule has 1 atom stereocenters. The van der Waals surface area contributed by atoms with Gasteiger partial charge in [0.1, 0.15) is 42.0 Å². The summed E-state index contributed by atoms with van der Waals surface area (Å²) >= 11 is 0. The minimum absolute atomic E-state index is 0.0699. The highest BCUT2D eigenvalue weighted by atomic mass is 19.1. The van der Waals surface area contributed by atoms with E-state index in [1.807, 2.05) is 0 Å². The van der Waals surface area contributed by atoms with Crippen LogP contribution in [0.2, 0.25) is 0 Å². The lowest BCUT2D eigenvalue weighted by Crippen LogP contribution is -2.30. The van der Waals surface area contributed by atoms with Crippen molar-refractivity contribution in [2.24, 2.45) is 0 Å². The largest absolute Gasteiger partial charge is 0.394 e. The molecule has 148 valence electrons. The number of aliphatic hydroxyl groups is 2. The van der Waals surface area contributed by atoms with Crippen LogP contribution in [0.25, 0.3) is 5.52 Å². The van der Waals surface area contributed by atoms with E-state index in [4.69, 9.17) is 9.94 Å². The zero-order chi connectivity index (χ0) is 20.3. The lowest BCUT2D eigenvalue weighted by molar-refractivity contribution is -0.0295. The van der Waals surface area contributed by atoms with Gasteiger partial charge in [0.25, 0.3) is 5.91 Å². The van der Waals surface area contributed by atoms with Crippen LogP contribution in [0.1, 0.15) is 15.9 Å². The molecule has 2 aromatic heterocycles. The van der Waals surface area contributed by atoms with Crippen molar-refractivity contribution in [2.75, 3.05) is 18.5 Å². The molecule has 8 nitrogen and oxygen atoms in total. The molecule has 0 saturated carbocycles. The van der Waals surface area contributed by atoms with Crippen LogP contribution in [0.15, 0.2) is 36.8 Å². The second-order valence-electron chi connectivity index (χ2n) is 6.09. The molecule has 0 bridgehead atoms. The lowest BCUT2D eigenvalue weighted by atomic mass is 10.2. The number of hydrogen-bond acceptors (Lipinski definition) is 6. The number of hydrogen-bond donors (Lipinski definition) is 4. The van der Waals surface area contributed by atoms with Gasteiger partial charge in [-0.3, -0.25) is 14.0 Å². The Morgan fingerprint density at radius 3 is 2.82 bits per heavy atom. The number of halogens is 2. The molecule has 10 heteroatoms. The van der Waals surface area contributed by atoms with Gasteiger partial charge in [0.15, 0.2) is 0 Å². The first-order valence-corrected chi connectivity index (χ1v) is 8.29. The topological polar surface area (TPSA) is 108 Å². The van der Waals surface area contributed by atoms with Gasteiger partial charge in [-0.15, -0.1) is 0 Å². The molecule has 0 aliphatic heterocycles. The number of carbonyl (C=O) groups excluding carboxylic acids is 1. The van der Waals surface area contributed by atoms with Crippen LogP contribution in [-0.4, -0.2) is 44.8 Å². The van der Waals surface area contributed by atoms with Crippen LogP contribution in [0, 0.1) is 18.6 Å². The average Bonchev–Trinajstić information content (AvgIpc) is 3.16. The summed E-state index contributed by atoms with van der Waals surface area (Å²) in [5, 5.41) is 20.8. The summed E-state index contributed by atoms with van der Waals surface area (Å²) in [5.74, 6) is -2.03. The van der Waals surface area contributed by atoms with E-state index in [0.29, 0.717) is 5.56 Å². The number of aromatic nitrogens is 2. The third-order valence-electron chi connectivity index (χ3n) is 3.92. The Kier molecular flexibility index (Phi) is 5.83. The van der Waals surface area contributed by atoms with Crippen molar-refractivity contribution >= 4 is 22.9 Å². The number of nitrogens with one attached hydrogen (secondary N) is 2. The molecule has 0 fully saturated rings. The fourth-order valence-corrected chi connectivity index (χ4v) is 2.51. The molecule has 2 heterocycles. The van der Waals surface area contributed by atoms with Crippen LogP contribution >= 0.6 is 0 Å². The SMILES string of the molecule is Cc1ccc(Nc2c(C(=O)NOC[C@H](O)CO)cc(F)c3cncn23)c(F)c1. The van der Waals surface area contributed by atoms with Crippen LogP contribution in [0.5, 0.6) is 0 Å². The fraction of sp³-hybridized carbons (Fsp3) is 0.222. The summed E-state index contributed by atoms with van der Waals surface area (Å²) in [6.45, 7) is 0.814. The summed E-state index contributed by atoms with van der Waals surface area (Å²) in [6, 6.07) is 5.45. The number of pyridine rings is 1. The van der Waals surface area contributed by atoms with Crippen molar-refractivity contribution in [1.82, 2.24) is 14.9 Å². The fourth-order valence-electron chi connectivity index (χ4n) is 2.51. The van der Waals surface area contributed by atoms with Crippen molar-refractivity contribution in [3.63, 3.8) is 0 Å². The highest BCUT2D eigenvalue weighted by Gasteiger charge is 2.20. The predicted octanol–water partition coefficient (Wildman–Crippen LogP) is 1.68. The van der Waals surface area contributed by atoms with Gasteiger partial charge in [-0.05, 0) is 30.7 Å². The Labute approximate surface area is 158 Å². The molecule has 1 amide bonds. The number of fused-ring (bicyclic) bond motifs is 1. The number of anilines is 2. The molecule has 0 saturated heterocycles. The van der Waals surface area contributed by atoms with Crippen LogP contribution in [0.4, 0.5) is 20.3 Å². The summed E-state index contributed by atoms with van der Waals surface area (Å²) in [4.78, 5) is 21.2. The van der Waals surface area contributed by atoms with Crippen LogP contribution in [0.3, 0.4) is 0 Å². The molecule has 3 rings (SSSR count). The Hall–Kier alpha value is -3.08. The van der Waals surface area contributed by atoms with E-state index >= 15 is 0 Å². The minimum atomic E-state index is -1.19. The molecule has 0 unspecified atom stereocenters. The minimum Gasteiger partial charge on any atom is -0.394 e. The number of hydroxylamine groups is 1. The zero-order valence-electron chi connectivity index (χ0n) is 14.8. The van der Waals surface area contributed by atoms with E-state index in [0.717, 1.165) is 6.07 Å². The van der Waals surface area contributed by atoms with E-state index in [1.165, 1.54) is 29.1 Å². The van der Waals surface area contributed by atoms with Gasteiger partial charge >= 0.3 is 0 Å². The zero-order valence-corrected chi connectivity index (χ0v) is 14.8. The third kappa shape index (κ3) is 4.09. The normalized spacial score (nSPS) is 12.2. The van der Waals surface area contributed by atoms with E-state index in [-0.39, 0.29) is 29.2 Å². The summed E-state index contributed by atoms with van der Waals surface area (Å²) < 4.78 is 29.9. The first-order chi connectivity index (χ1) is 13.4. The molecule has 0 spiro atoms. The smallest absolute Gasteiger partial charge is 0.278 e. The maximum absolute atomic E-state index is 14.3. The number of aryl methyl sites for hydroxylation is 1. The van der Waals surface area contributed by atoms with Crippen molar-refractivity contribution in [2.45, 2.75) is 13.0 Å². The second-order valence-corrected chi connectivity index (χ2v) is 6.09. The maximum Gasteiger partial charge on any atom is 0.278 e. The van der Waals surface area contributed by atoms with E-state index in [9.17, 15) is 18.7 Å². The maximum atomic E-state index is 14.3. The van der Waals surface area contributed by atoms with Crippen molar-refractivity contribution in [1.29, 1.82) is 0 Å². The van der Waals surface area contributed by atoms with Crippen LogP contribution in [-0.2, 0) is 4.84 Å². The van der Waals surface area contributed by atoms with Gasteiger partial charge < -0.3 is 15.5 Å². The van der Waals surface area contributed by atoms with Gasteiger partial charge in [-0.2, -0.15) is 0 Å². The monoisotopic (exact) mass is 392 g/mol. The molecule has 1 aromatic carbocycles. The standard InChI is InChI=1S/C18H18F2N4O4/c1-10-2-3-15(13(19)4-10)22-17-12(18(27)23-28-8-11(26)7-25)5-14(20)16-6-21-9-24(16)17/h2-6,9,11,22,25-26H,7-8H2,1H3,(H,23,27)/t11-/m1/s1. The summed E-state index contributed by atoms with van der Waals surface area (Å²) in [5.41, 5.74) is 2.75. The highest BCUT2D eigenvalue weighted by molar-refractivity contribution is 5.99. The summed E-state index contributed by atoms with van der Waals surface area (Å²) in [6.07, 6.45) is 1.36. The molecule has 0 aliphatic carbocycles. The number of nitrogens with zero attached hydrogens (tertiary/aromatic N) is 2. The molecule has 3 aromatic rings. The van der Waals surface area contributed by atoms with E-state index in [1.54, 1.807) is 13.0 Å². The van der Waals surface area contributed by atoms with Crippen molar-refractivity contribution < 1.29 is 28.6 Å². The molecule has 28 heavy (non-hydrogen) atoms. The quantitative estimate of drug-likeness (QED) is 0.456. The lowest BCUT2D eigenvalue weighted by Gasteiger charge is -2.16. The molecular weight excluding hydrogens is 374 g/mol. The molecule has 0 radical (unpaired) electrons. The Morgan fingerprint density at radius 2 is 2.11 bits per heavy atom. The Morgan fingerprint density at radius 1 is 1.32 bits per heavy atom. The average molecular weight is 392 g/mol. The third-order valence-corrected chi connectivity index (χ3v) is 3.92. The van der Waals surface area contributed by atoms with Crippen molar-refractivity contribution in [3.05, 3.63) is 59.6 Å². The first kappa shape index (κ1) is 19.7.